The predicted molar refractivity (Wildman–Crippen MR) is 177 cm³/mol. The summed E-state index contributed by atoms with van der Waals surface area (Å²) in [6.45, 7) is 2.18. The van der Waals surface area contributed by atoms with Crippen molar-refractivity contribution in [1.82, 2.24) is 20.4 Å². The van der Waals surface area contributed by atoms with E-state index >= 15 is 4.39 Å². The van der Waals surface area contributed by atoms with E-state index in [1.54, 1.807) is 14.2 Å². The molecule has 258 valence electrons. The van der Waals surface area contributed by atoms with Gasteiger partial charge in [-0.3, -0.25) is 9.59 Å². The number of ether oxygens (including phenoxy) is 3. The van der Waals surface area contributed by atoms with Crippen LogP contribution in [0.1, 0.15) is 69.8 Å². The first-order valence-electron chi connectivity index (χ1n) is 18.1. The standard InChI is InChI=1S/C37H53FN4O5/c1-41-16-6-9-25(41)13-15-40-37(44)27-21-42-29-18-23-7-4-5-8-24(23)19-31(29)47-36-33(28(38)20-26(34(36)42)35(27)43)39-14-12-22-10-11-30(45-2)32(17-22)46-3/h10-11,17,21,23-26,28-29,31,33-34,36,39H,4-9,12-16,18-20H2,1-3H3,(H,40,44). The number of benzene rings is 1. The van der Waals surface area contributed by atoms with Crippen LogP contribution in [0.5, 0.6) is 11.5 Å². The van der Waals surface area contributed by atoms with Gasteiger partial charge in [-0.2, -0.15) is 0 Å². The quantitative estimate of drug-likeness (QED) is 0.367. The van der Waals surface area contributed by atoms with Crippen LogP contribution in [0.2, 0.25) is 0 Å². The van der Waals surface area contributed by atoms with E-state index in [1.807, 2.05) is 24.4 Å². The number of halogens is 1. The van der Waals surface area contributed by atoms with Crippen molar-refractivity contribution in [2.75, 3.05) is 40.9 Å². The van der Waals surface area contributed by atoms with Crippen LogP contribution in [-0.4, -0.2) is 105 Å². The molecule has 6 aliphatic rings. The van der Waals surface area contributed by atoms with Gasteiger partial charge in [-0.15, -0.1) is 0 Å². The highest BCUT2D eigenvalue weighted by Gasteiger charge is 2.59. The number of fused-ring (bicyclic) bond motifs is 3. The largest absolute Gasteiger partial charge is 0.493 e. The number of hydrogen-bond acceptors (Lipinski definition) is 8. The second kappa shape index (κ2) is 14.0. The van der Waals surface area contributed by atoms with Crippen LogP contribution < -0.4 is 20.1 Å². The molecule has 3 saturated carbocycles. The molecule has 1 amide bonds. The lowest BCUT2D eigenvalue weighted by atomic mass is 9.65. The predicted octanol–water partition coefficient (Wildman–Crippen LogP) is 4.04. The molecule has 9 nitrogen and oxygen atoms in total. The van der Waals surface area contributed by atoms with E-state index in [1.165, 1.54) is 32.1 Å². The van der Waals surface area contributed by atoms with Crippen molar-refractivity contribution in [3.05, 3.63) is 35.5 Å². The van der Waals surface area contributed by atoms with Crippen molar-refractivity contribution in [1.29, 1.82) is 0 Å². The fraction of sp³-hybridized carbons (Fsp3) is 0.730. The molecule has 3 heterocycles. The summed E-state index contributed by atoms with van der Waals surface area (Å²) >= 11 is 0. The summed E-state index contributed by atoms with van der Waals surface area (Å²) in [6.07, 6.45) is 11.0. The number of amides is 1. The van der Waals surface area contributed by atoms with E-state index in [-0.39, 0.29) is 41.9 Å². The Morgan fingerprint density at radius 1 is 1.02 bits per heavy atom. The number of Topliss-reactive ketones (excluding diaryl/α,β-unsaturated/α-hetero) is 1. The Balaban J connectivity index is 1.11. The molecule has 0 bridgehead atoms. The number of morpholine rings is 1. The fourth-order valence-corrected chi connectivity index (χ4v) is 9.91. The lowest BCUT2D eigenvalue weighted by Gasteiger charge is -2.61. The molecule has 2 saturated heterocycles. The number of nitrogens with zero attached hydrogens (tertiary/aromatic N) is 2. The third-order valence-corrected chi connectivity index (χ3v) is 12.4. The van der Waals surface area contributed by atoms with Crippen molar-refractivity contribution in [2.45, 2.75) is 113 Å². The number of carbonyl (C=O) groups is 2. The topological polar surface area (TPSA) is 92.4 Å². The molecule has 2 N–H and O–H groups in total. The molecule has 47 heavy (non-hydrogen) atoms. The minimum Gasteiger partial charge on any atom is -0.493 e. The van der Waals surface area contributed by atoms with Gasteiger partial charge >= 0.3 is 0 Å². The number of ketones is 1. The minimum atomic E-state index is -1.26. The Morgan fingerprint density at radius 2 is 1.81 bits per heavy atom. The number of likely N-dealkylation sites (tertiary alicyclic amines) is 1. The first kappa shape index (κ1) is 32.8. The lowest BCUT2D eigenvalue weighted by Crippen LogP contribution is -2.73. The van der Waals surface area contributed by atoms with Gasteiger partial charge in [0.25, 0.3) is 5.91 Å². The van der Waals surface area contributed by atoms with Crippen molar-refractivity contribution in [2.24, 2.45) is 17.8 Å². The van der Waals surface area contributed by atoms with Crippen molar-refractivity contribution in [3.8, 4) is 11.5 Å². The summed E-state index contributed by atoms with van der Waals surface area (Å²) in [5.41, 5.74) is 1.26. The van der Waals surface area contributed by atoms with Gasteiger partial charge in [-0.1, -0.05) is 31.7 Å². The Labute approximate surface area is 278 Å². The van der Waals surface area contributed by atoms with Gasteiger partial charge < -0.3 is 34.6 Å². The van der Waals surface area contributed by atoms with Crippen molar-refractivity contribution in [3.63, 3.8) is 0 Å². The molecule has 10 heteroatoms. The summed E-state index contributed by atoms with van der Waals surface area (Å²) in [5.74, 6) is 1.47. The minimum absolute atomic E-state index is 0.0385. The van der Waals surface area contributed by atoms with E-state index in [9.17, 15) is 9.59 Å². The van der Waals surface area contributed by atoms with Crippen LogP contribution in [0.4, 0.5) is 4.39 Å². The molecule has 10 unspecified atom stereocenters. The molecule has 0 aromatic heterocycles. The third-order valence-electron chi connectivity index (χ3n) is 12.4. The van der Waals surface area contributed by atoms with E-state index in [2.05, 4.69) is 27.5 Å². The second-order valence-corrected chi connectivity index (χ2v) is 14.9. The maximum absolute atomic E-state index is 16.3. The monoisotopic (exact) mass is 652 g/mol. The zero-order chi connectivity index (χ0) is 32.7. The molecule has 3 aliphatic carbocycles. The van der Waals surface area contributed by atoms with Crippen molar-refractivity contribution < 1.29 is 28.2 Å². The van der Waals surface area contributed by atoms with Crippen LogP contribution in [0, 0.1) is 17.8 Å². The number of rotatable bonds is 10. The highest BCUT2D eigenvalue weighted by Crippen LogP contribution is 2.50. The van der Waals surface area contributed by atoms with Gasteiger partial charge in [0.05, 0.1) is 50.1 Å². The van der Waals surface area contributed by atoms with Gasteiger partial charge in [0.15, 0.2) is 17.3 Å². The van der Waals surface area contributed by atoms with E-state index in [0.717, 1.165) is 37.8 Å². The van der Waals surface area contributed by atoms with Crippen LogP contribution in [-0.2, 0) is 20.7 Å². The third kappa shape index (κ3) is 6.42. The molecular formula is C37H53FN4O5. The van der Waals surface area contributed by atoms with Gasteiger partial charge in [0.1, 0.15) is 6.17 Å². The Kier molecular flexibility index (Phi) is 9.81. The van der Waals surface area contributed by atoms with E-state index in [0.29, 0.717) is 48.9 Å². The van der Waals surface area contributed by atoms with Crippen LogP contribution >= 0.6 is 0 Å². The van der Waals surface area contributed by atoms with Crippen molar-refractivity contribution >= 4 is 11.7 Å². The molecular weight excluding hydrogens is 599 g/mol. The van der Waals surface area contributed by atoms with Crippen LogP contribution in [0.15, 0.2) is 30.0 Å². The number of hydrogen-bond donors (Lipinski definition) is 2. The summed E-state index contributed by atoms with van der Waals surface area (Å²) < 4.78 is 34.1. The highest BCUT2D eigenvalue weighted by molar-refractivity contribution is 6.20. The molecule has 10 atom stereocenters. The maximum atomic E-state index is 16.3. The number of methoxy groups -OCH3 is 2. The normalized spacial score (nSPS) is 36.6. The summed E-state index contributed by atoms with van der Waals surface area (Å²) in [6, 6.07) is 5.60. The lowest BCUT2D eigenvalue weighted by molar-refractivity contribution is -0.208. The molecule has 1 aromatic carbocycles. The first-order valence-corrected chi connectivity index (χ1v) is 18.1. The average Bonchev–Trinajstić information content (AvgIpc) is 3.49. The summed E-state index contributed by atoms with van der Waals surface area (Å²) in [5, 5.41) is 6.58. The molecule has 0 spiro atoms. The van der Waals surface area contributed by atoms with Gasteiger partial charge in [0.2, 0.25) is 0 Å². The van der Waals surface area contributed by atoms with Gasteiger partial charge in [-0.25, -0.2) is 4.39 Å². The zero-order valence-electron chi connectivity index (χ0n) is 28.3. The Bertz CT molecular complexity index is 1340. The van der Waals surface area contributed by atoms with E-state index in [4.69, 9.17) is 14.2 Å². The molecule has 7 rings (SSSR count). The smallest absolute Gasteiger partial charge is 0.256 e. The van der Waals surface area contributed by atoms with Crippen LogP contribution in [0.25, 0.3) is 0 Å². The second-order valence-electron chi connectivity index (χ2n) is 14.9. The molecule has 0 radical (unpaired) electrons. The molecule has 3 aliphatic heterocycles. The summed E-state index contributed by atoms with van der Waals surface area (Å²) in [7, 11) is 5.37. The number of nitrogens with one attached hydrogen (secondary N) is 2. The van der Waals surface area contributed by atoms with Gasteiger partial charge in [-0.05, 0) is 94.6 Å². The number of alkyl halides is 1. The van der Waals surface area contributed by atoms with E-state index < -0.39 is 24.2 Å². The first-order chi connectivity index (χ1) is 22.9. The van der Waals surface area contributed by atoms with Crippen LogP contribution in [0.3, 0.4) is 0 Å². The Hall–Kier alpha value is -2.69. The number of carbonyl (C=O) groups excluding carboxylic acids is 2. The average molecular weight is 653 g/mol. The zero-order valence-corrected chi connectivity index (χ0v) is 28.3. The molecule has 1 aromatic rings. The SMILES string of the molecule is COc1ccc(CCNC2C(F)CC3C(=O)C(C(=O)NCCC4CCCN4C)=CN4C5CC6CCCCC6CC5OC2C34)cc1OC. The fourth-order valence-electron chi connectivity index (χ4n) is 9.91. The van der Waals surface area contributed by atoms with Gasteiger partial charge in [0, 0.05) is 24.7 Å². The molecule has 5 fully saturated rings. The maximum Gasteiger partial charge on any atom is 0.256 e. The Morgan fingerprint density at radius 3 is 2.55 bits per heavy atom. The summed E-state index contributed by atoms with van der Waals surface area (Å²) in [4.78, 5) is 32.3. The highest BCUT2D eigenvalue weighted by atomic mass is 19.1.